The molecule has 0 atom stereocenters. The van der Waals surface area contributed by atoms with Crippen molar-refractivity contribution in [3.8, 4) is 4.20 Å². The maximum absolute atomic E-state index is 3.06. The van der Waals surface area contributed by atoms with Gasteiger partial charge in [0.1, 0.15) is 0 Å². The first-order valence-corrected chi connectivity index (χ1v) is 3.78. The van der Waals surface area contributed by atoms with Crippen LogP contribution >= 0.6 is 0 Å². The monoisotopic (exact) mass is 201 g/mol. The van der Waals surface area contributed by atoms with Crippen LogP contribution in [0.3, 0.4) is 0 Å². The molecule has 0 aliphatic heterocycles. The Hall–Kier alpha value is -0.312. The average molecular weight is 199 g/mol. The standard InChI is InChI=1S/C8H7.Mo/c1-7-3-5-8(2)6-4-7;/h3-6H,1H3;. The summed E-state index contributed by atoms with van der Waals surface area (Å²) in [7, 11) is 0. The van der Waals surface area contributed by atoms with Crippen molar-refractivity contribution in [3.63, 3.8) is 0 Å². The normalized spacial score (nSPS) is 8.44. The zero-order valence-corrected chi connectivity index (χ0v) is 7.22. The van der Waals surface area contributed by atoms with Crippen molar-refractivity contribution in [1.82, 2.24) is 0 Å². The van der Waals surface area contributed by atoms with Gasteiger partial charge in [0.25, 0.3) is 0 Å². The van der Waals surface area contributed by atoms with E-state index in [0.29, 0.717) is 0 Å². The van der Waals surface area contributed by atoms with Gasteiger partial charge in [-0.1, -0.05) is 0 Å². The first kappa shape index (κ1) is 6.80. The Morgan fingerprint density at radius 3 is 2.22 bits per heavy atom. The molecule has 0 aromatic heterocycles. The Labute approximate surface area is 65.9 Å². The van der Waals surface area contributed by atoms with Crippen LogP contribution in [0.1, 0.15) is 11.1 Å². The molecule has 1 rings (SSSR count). The Bertz CT molecular complexity index is 228. The fraction of sp³-hybridized carbons (Fsp3) is 0.125. The van der Waals surface area contributed by atoms with E-state index in [-0.39, 0.29) is 0 Å². The minimum absolute atomic E-state index is 1.17. The Morgan fingerprint density at radius 1 is 1.22 bits per heavy atom. The SMILES string of the molecule is Cc1ccc([C]#[Mo])cc1. The molecule has 0 fully saturated rings. The van der Waals surface area contributed by atoms with E-state index in [2.05, 4.69) is 35.4 Å². The van der Waals surface area contributed by atoms with Gasteiger partial charge in [-0.2, -0.15) is 0 Å². The average Bonchev–Trinajstić information content (AvgIpc) is 1.90. The van der Waals surface area contributed by atoms with E-state index in [4.69, 9.17) is 0 Å². The summed E-state index contributed by atoms with van der Waals surface area (Å²) >= 11 is 1.86. The van der Waals surface area contributed by atoms with E-state index >= 15 is 0 Å². The topological polar surface area (TPSA) is 0 Å². The molecule has 0 spiro atoms. The first-order chi connectivity index (χ1) is 4.33. The van der Waals surface area contributed by atoms with Crippen LogP contribution in [0.15, 0.2) is 24.3 Å². The second-order valence-corrected chi connectivity index (χ2v) is 2.47. The van der Waals surface area contributed by atoms with E-state index in [1.165, 1.54) is 11.1 Å². The van der Waals surface area contributed by atoms with Gasteiger partial charge < -0.3 is 0 Å². The van der Waals surface area contributed by atoms with Gasteiger partial charge in [-0.25, -0.2) is 0 Å². The molecule has 0 unspecified atom stereocenters. The van der Waals surface area contributed by atoms with Crippen molar-refractivity contribution >= 4 is 0 Å². The Balaban J connectivity index is 3.06. The molecule has 0 N–H and O–H groups in total. The number of benzene rings is 1. The van der Waals surface area contributed by atoms with Crippen LogP contribution < -0.4 is 0 Å². The van der Waals surface area contributed by atoms with E-state index in [1.807, 2.05) is 19.2 Å². The number of hydrogen-bond acceptors (Lipinski definition) is 0. The molecule has 45 valence electrons. The summed E-state index contributed by atoms with van der Waals surface area (Å²) in [5.74, 6) is 0. The Kier molecular flexibility index (Phi) is 2.28. The third kappa shape index (κ3) is 1.82. The molecular formula is C8H7Mo. The van der Waals surface area contributed by atoms with Crippen molar-refractivity contribution < 1.29 is 19.2 Å². The van der Waals surface area contributed by atoms with Gasteiger partial charge in [-0.15, -0.1) is 0 Å². The summed E-state index contributed by atoms with van der Waals surface area (Å²) in [4.78, 5) is 0. The predicted octanol–water partition coefficient (Wildman–Crippen LogP) is 1.85. The van der Waals surface area contributed by atoms with E-state index in [9.17, 15) is 0 Å². The molecule has 0 saturated carbocycles. The third-order valence-corrected chi connectivity index (χ3v) is 1.75. The fourth-order valence-corrected chi connectivity index (χ4v) is 0.956. The third-order valence-electron chi connectivity index (χ3n) is 1.17. The summed E-state index contributed by atoms with van der Waals surface area (Å²) in [5, 5.41) is 0. The van der Waals surface area contributed by atoms with Crippen LogP contribution in [0.5, 0.6) is 0 Å². The van der Waals surface area contributed by atoms with Gasteiger partial charge in [0.2, 0.25) is 0 Å². The quantitative estimate of drug-likeness (QED) is 0.559. The molecule has 0 bridgehead atoms. The number of rotatable bonds is 0. The summed E-state index contributed by atoms with van der Waals surface area (Å²) in [6, 6.07) is 8.32. The van der Waals surface area contributed by atoms with Gasteiger partial charge >= 0.3 is 65.7 Å². The van der Waals surface area contributed by atoms with Crippen LogP contribution in [0.25, 0.3) is 0 Å². The van der Waals surface area contributed by atoms with Crippen LogP contribution in [0.4, 0.5) is 0 Å². The molecule has 0 aliphatic rings. The van der Waals surface area contributed by atoms with E-state index in [1.54, 1.807) is 0 Å². The number of aryl methyl sites for hydroxylation is 1. The van der Waals surface area contributed by atoms with E-state index in [0.717, 1.165) is 0 Å². The van der Waals surface area contributed by atoms with Gasteiger partial charge in [0.15, 0.2) is 0 Å². The molecule has 9 heavy (non-hydrogen) atoms. The van der Waals surface area contributed by atoms with Crippen molar-refractivity contribution in [1.29, 1.82) is 0 Å². The summed E-state index contributed by atoms with van der Waals surface area (Å²) in [6.45, 7) is 2.08. The first-order valence-electron chi connectivity index (χ1n) is 2.78. The molecule has 0 radical (unpaired) electrons. The summed E-state index contributed by atoms with van der Waals surface area (Å²) in [5.41, 5.74) is 2.47. The summed E-state index contributed by atoms with van der Waals surface area (Å²) < 4.78 is 3.06. The molecule has 0 heterocycles. The maximum atomic E-state index is 3.06. The molecular weight excluding hydrogens is 192 g/mol. The molecule has 1 heteroatoms. The fourth-order valence-electron chi connectivity index (χ4n) is 0.622. The zero-order valence-electron chi connectivity index (χ0n) is 5.22. The van der Waals surface area contributed by atoms with Crippen LogP contribution in [0.2, 0.25) is 0 Å². The van der Waals surface area contributed by atoms with Crippen LogP contribution in [-0.4, -0.2) is 0 Å². The molecule has 0 saturated heterocycles. The van der Waals surface area contributed by atoms with Crippen molar-refractivity contribution in [2.45, 2.75) is 6.92 Å². The minimum atomic E-state index is 1.17. The zero-order chi connectivity index (χ0) is 6.69. The number of hydrogen-bond donors (Lipinski definition) is 0. The van der Waals surface area contributed by atoms with Crippen LogP contribution in [0, 0.1) is 11.1 Å². The van der Waals surface area contributed by atoms with Gasteiger partial charge in [-0.3, -0.25) is 0 Å². The predicted molar refractivity (Wildman–Crippen MR) is 34.2 cm³/mol. The van der Waals surface area contributed by atoms with Crippen LogP contribution in [-0.2, 0) is 19.2 Å². The van der Waals surface area contributed by atoms with Gasteiger partial charge in [0.05, 0.1) is 0 Å². The molecule has 1 aromatic rings. The Morgan fingerprint density at radius 2 is 1.78 bits per heavy atom. The van der Waals surface area contributed by atoms with E-state index < -0.39 is 0 Å². The molecule has 1 aromatic carbocycles. The second kappa shape index (κ2) is 3.01. The van der Waals surface area contributed by atoms with Gasteiger partial charge in [-0.05, 0) is 0 Å². The van der Waals surface area contributed by atoms with Gasteiger partial charge in [0, 0.05) is 0 Å². The second-order valence-electron chi connectivity index (χ2n) is 1.97. The molecule has 0 amide bonds. The molecule has 0 aliphatic carbocycles. The molecule has 0 nitrogen and oxygen atoms in total. The summed E-state index contributed by atoms with van der Waals surface area (Å²) in [6.07, 6.45) is 0. The van der Waals surface area contributed by atoms with Crippen molar-refractivity contribution in [2.24, 2.45) is 0 Å². The van der Waals surface area contributed by atoms with Crippen molar-refractivity contribution in [2.75, 3.05) is 0 Å². The van der Waals surface area contributed by atoms with Crippen molar-refractivity contribution in [3.05, 3.63) is 35.4 Å².